The minimum atomic E-state index is -3.63. The van der Waals surface area contributed by atoms with Crippen molar-refractivity contribution >= 4 is 54.0 Å². The Labute approximate surface area is 201 Å². The Balaban J connectivity index is 1.60. The number of halogens is 1. The number of methoxy groups -OCH3 is 1. The molecule has 1 heterocycles. The molecule has 1 amide bonds. The summed E-state index contributed by atoms with van der Waals surface area (Å²) in [5.74, 6) is 0.0763. The first-order valence-electron chi connectivity index (χ1n) is 10.1. The van der Waals surface area contributed by atoms with Gasteiger partial charge in [0.2, 0.25) is 5.91 Å². The summed E-state index contributed by atoms with van der Waals surface area (Å²) in [6, 6.07) is 21.0. The average molecular weight is 501 g/mol. The second kappa shape index (κ2) is 9.91. The number of hydrogen-bond donors (Lipinski definition) is 0. The number of sulfone groups is 1. The smallest absolute Gasteiger partial charge is 0.230 e. The van der Waals surface area contributed by atoms with Crippen LogP contribution in [0.25, 0.3) is 10.2 Å². The fourth-order valence-corrected chi connectivity index (χ4v) is 5.65. The van der Waals surface area contributed by atoms with E-state index in [9.17, 15) is 13.2 Å². The quantitative estimate of drug-likeness (QED) is 0.325. The molecule has 0 aliphatic carbocycles. The van der Waals surface area contributed by atoms with E-state index in [1.807, 2.05) is 48.5 Å². The molecule has 3 aromatic carbocycles. The Morgan fingerprint density at radius 3 is 2.48 bits per heavy atom. The highest BCUT2D eigenvalue weighted by atomic mass is 35.5. The molecule has 4 aromatic rings. The zero-order valence-corrected chi connectivity index (χ0v) is 20.2. The molecule has 0 aliphatic heterocycles. The zero-order chi connectivity index (χ0) is 23.4. The highest BCUT2D eigenvalue weighted by molar-refractivity contribution is 7.91. The molecule has 170 valence electrons. The van der Waals surface area contributed by atoms with Crippen LogP contribution in [0.4, 0.5) is 5.13 Å². The lowest BCUT2D eigenvalue weighted by molar-refractivity contribution is -0.118. The van der Waals surface area contributed by atoms with E-state index < -0.39 is 9.84 Å². The molecule has 0 fully saturated rings. The molecule has 0 bridgehead atoms. The number of thiazole rings is 1. The normalized spacial score (nSPS) is 11.5. The standard InChI is InChI=1S/C24H21ClN2O4S2/c1-31-19-9-12-21-22(15-19)32-24(26-21)27(16-17-5-3-2-4-6-17)23(28)13-14-33(29,30)20-10-7-18(25)8-11-20/h2-12,15H,13-14,16H2,1H3. The Bertz CT molecular complexity index is 1370. The van der Waals surface area contributed by atoms with Crippen molar-refractivity contribution in [2.24, 2.45) is 0 Å². The van der Waals surface area contributed by atoms with Crippen molar-refractivity contribution in [1.29, 1.82) is 0 Å². The number of rotatable bonds is 8. The first kappa shape index (κ1) is 23.2. The van der Waals surface area contributed by atoms with Crippen molar-refractivity contribution in [3.05, 3.63) is 83.4 Å². The Morgan fingerprint density at radius 1 is 1.06 bits per heavy atom. The number of amides is 1. The summed E-state index contributed by atoms with van der Waals surface area (Å²) >= 11 is 7.22. The molecule has 4 rings (SSSR count). The summed E-state index contributed by atoms with van der Waals surface area (Å²) in [6.45, 7) is 0.289. The molecule has 0 saturated carbocycles. The SMILES string of the molecule is COc1ccc2nc(N(Cc3ccccc3)C(=O)CCS(=O)(=O)c3ccc(Cl)cc3)sc2c1. The first-order valence-corrected chi connectivity index (χ1v) is 13.0. The maximum Gasteiger partial charge on any atom is 0.230 e. The fraction of sp³-hybridized carbons (Fsp3) is 0.167. The van der Waals surface area contributed by atoms with Crippen LogP contribution in [0.15, 0.2) is 77.7 Å². The van der Waals surface area contributed by atoms with Gasteiger partial charge in [0.05, 0.1) is 34.5 Å². The summed E-state index contributed by atoms with van der Waals surface area (Å²) in [5.41, 5.74) is 1.67. The van der Waals surface area contributed by atoms with Gasteiger partial charge in [-0.1, -0.05) is 53.3 Å². The number of anilines is 1. The third kappa shape index (κ3) is 5.52. The Kier molecular flexibility index (Phi) is 6.97. The minimum Gasteiger partial charge on any atom is -0.497 e. The summed E-state index contributed by atoms with van der Waals surface area (Å²) in [6.07, 6.45) is -0.170. The van der Waals surface area contributed by atoms with Crippen LogP contribution in [-0.4, -0.2) is 32.2 Å². The molecule has 0 unspecified atom stereocenters. The number of carbonyl (C=O) groups is 1. The molecule has 0 radical (unpaired) electrons. The largest absolute Gasteiger partial charge is 0.497 e. The van der Waals surface area contributed by atoms with Crippen molar-refractivity contribution in [2.75, 3.05) is 17.8 Å². The number of nitrogens with zero attached hydrogens (tertiary/aromatic N) is 2. The summed E-state index contributed by atoms with van der Waals surface area (Å²) < 4.78 is 31.6. The molecular formula is C24H21ClN2O4S2. The van der Waals surface area contributed by atoms with Crippen molar-refractivity contribution < 1.29 is 17.9 Å². The van der Waals surface area contributed by atoms with Crippen LogP contribution >= 0.6 is 22.9 Å². The molecule has 0 N–H and O–H groups in total. The summed E-state index contributed by atoms with van der Waals surface area (Å²) in [4.78, 5) is 19.6. The lowest BCUT2D eigenvalue weighted by Crippen LogP contribution is -2.31. The van der Waals surface area contributed by atoms with Gasteiger partial charge < -0.3 is 4.74 Å². The van der Waals surface area contributed by atoms with Crippen molar-refractivity contribution in [2.45, 2.75) is 17.9 Å². The van der Waals surface area contributed by atoms with E-state index in [4.69, 9.17) is 16.3 Å². The lowest BCUT2D eigenvalue weighted by atomic mass is 10.2. The van der Waals surface area contributed by atoms with Gasteiger partial charge in [-0.2, -0.15) is 0 Å². The topological polar surface area (TPSA) is 76.6 Å². The van der Waals surface area contributed by atoms with E-state index in [2.05, 4.69) is 4.98 Å². The van der Waals surface area contributed by atoms with Crippen LogP contribution in [0.5, 0.6) is 5.75 Å². The van der Waals surface area contributed by atoms with Gasteiger partial charge in [-0.3, -0.25) is 9.69 Å². The molecule has 0 spiro atoms. The fourth-order valence-electron chi connectivity index (χ4n) is 3.28. The number of fused-ring (bicyclic) bond motifs is 1. The summed E-state index contributed by atoms with van der Waals surface area (Å²) in [7, 11) is -2.04. The molecule has 9 heteroatoms. The Hall–Kier alpha value is -2.94. The maximum absolute atomic E-state index is 13.3. The van der Waals surface area contributed by atoms with Gasteiger partial charge in [-0.25, -0.2) is 13.4 Å². The monoisotopic (exact) mass is 500 g/mol. The number of hydrogen-bond acceptors (Lipinski definition) is 6. The minimum absolute atomic E-state index is 0.140. The van der Waals surface area contributed by atoms with Gasteiger partial charge >= 0.3 is 0 Å². The molecule has 6 nitrogen and oxygen atoms in total. The van der Waals surface area contributed by atoms with E-state index in [0.717, 1.165) is 15.8 Å². The highest BCUT2D eigenvalue weighted by Crippen LogP contribution is 2.32. The van der Waals surface area contributed by atoms with Crippen LogP contribution < -0.4 is 9.64 Å². The van der Waals surface area contributed by atoms with E-state index >= 15 is 0 Å². The van der Waals surface area contributed by atoms with E-state index in [1.54, 1.807) is 12.0 Å². The molecule has 0 atom stereocenters. The maximum atomic E-state index is 13.3. The van der Waals surface area contributed by atoms with Crippen molar-refractivity contribution in [3.63, 3.8) is 0 Å². The van der Waals surface area contributed by atoms with Gasteiger partial charge in [0.15, 0.2) is 15.0 Å². The lowest BCUT2D eigenvalue weighted by Gasteiger charge is -2.20. The molecule has 1 aromatic heterocycles. The Morgan fingerprint density at radius 2 is 1.79 bits per heavy atom. The van der Waals surface area contributed by atoms with E-state index in [-0.39, 0.29) is 29.5 Å². The van der Waals surface area contributed by atoms with Crippen molar-refractivity contribution in [1.82, 2.24) is 4.98 Å². The van der Waals surface area contributed by atoms with Gasteiger partial charge in [0.1, 0.15) is 5.75 Å². The first-order chi connectivity index (χ1) is 15.9. The number of ether oxygens (including phenoxy) is 1. The third-order valence-electron chi connectivity index (χ3n) is 5.06. The zero-order valence-electron chi connectivity index (χ0n) is 17.8. The van der Waals surface area contributed by atoms with Crippen molar-refractivity contribution in [3.8, 4) is 5.75 Å². The van der Waals surface area contributed by atoms with Gasteiger partial charge in [0.25, 0.3) is 0 Å². The number of aromatic nitrogens is 1. The predicted octanol–water partition coefficient (Wildman–Crippen LogP) is 5.36. The predicted molar refractivity (Wildman–Crippen MR) is 132 cm³/mol. The van der Waals surface area contributed by atoms with Crippen LogP contribution in [0.3, 0.4) is 0 Å². The van der Waals surface area contributed by atoms with Crippen LogP contribution in [-0.2, 0) is 21.2 Å². The molecule has 33 heavy (non-hydrogen) atoms. The number of benzene rings is 3. The van der Waals surface area contributed by atoms with Crippen LogP contribution in [0.2, 0.25) is 5.02 Å². The van der Waals surface area contributed by atoms with E-state index in [0.29, 0.717) is 15.9 Å². The van der Waals surface area contributed by atoms with Gasteiger partial charge in [-0.15, -0.1) is 0 Å². The van der Waals surface area contributed by atoms with Gasteiger partial charge in [-0.05, 0) is 48.0 Å². The summed E-state index contributed by atoms with van der Waals surface area (Å²) in [5, 5.41) is 0.961. The second-order valence-electron chi connectivity index (χ2n) is 7.32. The van der Waals surface area contributed by atoms with E-state index in [1.165, 1.54) is 35.6 Å². The van der Waals surface area contributed by atoms with Gasteiger partial charge in [0, 0.05) is 11.4 Å². The number of carbonyl (C=O) groups excluding carboxylic acids is 1. The van der Waals surface area contributed by atoms with Crippen LogP contribution in [0.1, 0.15) is 12.0 Å². The third-order valence-corrected chi connectivity index (χ3v) is 8.08. The molecule has 0 aliphatic rings. The second-order valence-corrected chi connectivity index (χ2v) is 10.9. The molecule has 0 saturated heterocycles. The van der Waals surface area contributed by atoms with Crippen LogP contribution in [0, 0.1) is 0 Å². The average Bonchev–Trinajstić information content (AvgIpc) is 3.25. The highest BCUT2D eigenvalue weighted by Gasteiger charge is 2.23. The molecular weight excluding hydrogens is 480 g/mol.